The predicted molar refractivity (Wildman–Crippen MR) is 138 cm³/mol. The second-order valence-corrected chi connectivity index (χ2v) is 10.0. The van der Waals surface area contributed by atoms with E-state index in [0.717, 1.165) is 18.5 Å². The van der Waals surface area contributed by atoms with Crippen molar-refractivity contribution < 1.29 is 19.1 Å². The van der Waals surface area contributed by atoms with Gasteiger partial charge in [0.05, 0.1) is 24.7 Å². The number of carbonyl (C=O) groups excluding carboxylic acids is 2. The molecular weight excluding hydrogens is 476 g/mol. The molecule has 1 saturated heterocycles. The second kappa shape index (κ2) is 10.6. The van der Waals surface area contributed by atoms with Crippen molar-refractivity contribution in [1.82, 2.24) is 29.2 Å². The Bertz CT molecular complexity index is 1280. The van der Waals surface area contributed by atoms with Crippen LogP contribution in [0.3, 0.4) is 0 Å². The summed E-state index contributed by atoms with van der Waals surface area (Å²) >= 11 is 0. The third kappa shape index (κ3) is 6.25. The van der Waals surface area contributed by atoms with E-state index >= 15 is 0 Å². The number of carbonyl (C=O) groups is 2. The lowest BCUT2D eigenvalue weighted by molar-refractivity contribution is 0.0205. The predicted octanol–water partition coefficient (Wildman–Crippen LogP) is 3.31. The number of nitrogens with one attached hydrogen (secondary N) is 1. The highest BCUT2D eigenvalue weighted by molar-refractivity contribution is 6.05. The van der Waals surface area contributed by atoms with E-state index in [-0.39, 0.29) is 23.6 Å². The van der Waals surface area contributed by atoms with E-state index in [4.69, 9.17) is 9.47 Å². The van der Waals surface area contributed by atoms with Gasteiger partial charge in [-0.05, 0) is 47.5 Å². The molecule has 0 aromatic carbocycles. The van der Waals surface area contributed by atoms with Crippen molar-refractivity contribution in [3.8, 4) is 5.88 Å². The van der Waals surface area contributed by atoms with Crippen LogP contribution in [0, 0.1) is 6.92 Å². The van der Waals surface area contributed by atoms with Gasteiger partial charge in [0, 0.05) is 38.6 Å². The minimum absolute atomic E-state index is 0.127. The number of likely N-dealkylation sites (tertiary alicyclic amines) is 1. The monoisotopic (exact) mass is 510 g/mol. The zero-order chi connectivity index (χ0) is 26.7. The molecule has 12 nitrogen and oxygen atoms in total. The van der Waals surface area contributed by atoms with E-state index in [1.165, 1.54) is 6.20 Å². The minimum atomic E-state index is -0.524. The molecule has 198 valence electrons. The van der Waals surface area contributed by atoms with E-state index in [2.05, 4.69) is 25.3 Å². The van der Waals surface area contributed by atoms with Gasteiger partial charge in [0.15, 0.2) is 5.65 Å². The number of hydrogen-bond donors (Lipinski definition) is 1. The Balaban J connectivity index is 1.44. The smallest absolute Gasteiger partial charge is 0.410 e. The van der Waals surface area contributed by atoms with Gasteiger partial charge in [0.25, 0.3) is 5.91 Å². The van der Waals surface area contributed by atoms with Gasteiger partial charge in [0.2, 0.25) is 11.8 Å². The SMILES string of the molecule is CCOc1nc(N(C)C2CCN(C(=O)OC(C)(C)C)CC2)ncc1C(=O)Nc1cn2cc(C)nc2cn1. The van der Waals surface area contributed by atoms with Gasteiger partial charge < -0.3 is 29.0 Å². The summed E-state index contributed by atoms with van der Waals surface area (Å²) in [4.78, 5) is 46.7. The van der Waals surface area contributed by atoms with Crippen molar-refractivity contribution in [2.45, 2.75) is 59.1 Å². The van der Waals surface area contributed by atoms with Gasteiger partial charge in [-0.3, -0.25) is 4.79 Å². The fraction of sp³-hybridized carbons (Fsp3) is 0.520. The van der Waals surface area contributed by atoms with E-state index in [1.807, 2.05) is 52.8 Å². The molecule has 3 aromatic rings. The summed E-state index contributed by atoms with van der Waals surface area (Å²) in [6.07, 6.45) is 7.80. The standard InChI is InChI=1S/C25H34N8O4/c1-7-36-22-18(21(34)29-19-15-33-14-16(2)28-20(33)13-26-19)12-27-23(30-22)31(6)17-8-10-32(11-9-17)24(35)37-25(3,4)5/h12-15,17H,7-11H2,1-6H3,(H,29,34). The molecule has 12 heteroatoms. The lowest BCUT2D eigenvalue weighted by Gasteiger charge is -2.37. The summed E-state index contributed by atoms with van der Waals surface area (Å²) in [7, 11) is 1.91. The number of rotatable bonds is 6. The summed E-state index contributed by atoms with van der Waals surface area (Å²) in [6, 6.07) is 0.127. The Morgan fingerprint density at radius 1 is 1.14 bits per heavy atom. The number of ether oxygens (including phenoxy) is 2. The van der Waals surface area contributed by atoms with Crippen LogP contribution in [-0.4, -0.2) is 79.6 Å². The second-order valence-electron chi connectivity index (χ2n) is 10.0. The van der Waals surface area contributed by atoms with Crippen LogP contribution < -0.4 is 15.0 Å². The maximum absolute atomic E-state index is 13.0. The van der Waals surface area contributed by atoms with E-state index in [0.29, 0.717) is 37.1 Å². The summed E-state index contributed by atoms with van der Waals surface area (Å²) in [5.74, 6) is 0.592. The van der Waals surface area contributed by atoms with Crippen LogP contribution in [0.15, 0.2) is 24.8 Å². The van der Waals surface area contributed by atoms with Gasteiger partial charge >= 0.3 is 6.09 Å². The van der Waals surface area contributed by atoms with E-state index < -0.39 is 11.5 Å². The summed E-state index contributed by atoms with van der Waals surface area (Å²) in [6.45, 7) is 10.8. The number of aryl methyl sites for hydroxylation is 1. The van der Waals surface area contributed by atoms with Crippen molar-refractivity contribution in [3.05, 3.63) is 36.0 Å². The fourth-order valence-electron chi connectivity index (χ4n) is 4.13. The molecule has 0 radical (unpaired) electrons. The van der Waals surface area contributed by atoms with Crippen LogP contribution in [0.5, 0.6) is 5.88 Å². The van der Waals surface area contributed by atoms with Crippen molar-refractivity contribution in [1.29, 1.82) is 0 Å². The van der Waals surface area contributed by atoms with Crippen LogP contribution in [0.1, 0.15) is 56.6 Å². The quantitative estimate of drug-likeness (QED) is 0.531. The lowest BCUT2D eigenvalue weighted by atomic mass is 10.0. The fourth-order valence-corrected chi connectivity index (χ4v) is 4.13. The van der Waals surface area contributed by atoms with Crippen LogP contribution in [-0.2, 0) is 4.74 Å². The molecule has 0 aliphatic carbocycles. The molecule has 1 aliphatic heterocycles. The molecule has 1 N–H and O–H groups in total. The zero-order valence-electron chi connectivity index (χ0n) is 22.2. The molecule has 4 heterocycles. The number of fused-ring (bicyclic) bond motifs is 1. The topological polar surface area (TPSA) is 127 Å². The highest BCUT2D eigenvalue weighted by atomic mass is 16.6. The molecule has 0 unspecified atom stereocenters. The number of hydrogen-bond acceptors (Lipinski definition) is 9. The van der Waals surface area contributed by atoms with Crippen LogP contribution in [0.4, 0.5) is 16.6 Å². The molecule has 1 fully saturated rings. The van der Waals surface area contributed by atoms with Gasteiger partial charge in [-0.1, -0.05) is 0 Å². The minimum Gasteiger partial charge on any atom is -0.477 e. The Morgan fingerprint density at radius 2 is 1.86 bits per heavy atom. The first-order chi connectivity index (χ1) is 17.5. The number of amides is 2. The number of nitrogens with zero attached hydrogens (tertiary/aromatic N) is 7. The highest BCUT2D eigenvalue weighted by Gasteiger charge is 2.30. The largest absolute Gasteiger partial charge is 0.477 e. The van der Waals surface area contributed by atoms with Gasteiger partial charge in [0.1, 0.15) is 17.0 Å². The Kier molecular flexibility index (Phi) is 7.46. The molecule has 37 heavy (non-hydrogen) atoms. The van der Waals surface area contributed by atoms with Crippen molar-refractivity contribution in [2.75, 3.05) is 37.0 Å². The highest BCUT2D eigenvalue weighted by Crippen LogP contribution is 2.24. The third-order valence-corrected chi connectivity index (χ3v) is 5.95. The van der Waals surface area contributed by atoms with Crippen LogP contribution in [0.25, 0.3) is 5.65 Å². The summed E-state index contributed by atoms with van der Waals surface area (Å²) in [5.41, 5.74) is 1.23. The van der Waals surface area contributed by atoms with Gasteiger partial charge in [-0.25, -0.2) is 19.7 Å². The summed E-state index contributed by atoms with van der Waals surface area (Å²) in [5, 5.41) is 2.78. The molecule has 2 amide bonds. The third-order valence-electron chi connectivity index (χ3n) is 5.95. The molecule has 3 aromatic heterocycles. The molecule has 0 bridgehead atoms. The Hall–Kier alpha value is -3.96. The maximum atomic E-state index is 13.0. The molecular formula is C25H34N8O4. The summed E-state index contributed by atoms with van der Waals surface area (Å²) < 4.78 is 13.0. The van der Waals surface area contributed by atoms with Gasteiger partial charge in [-0.15, -0.1) is 0 Å². The number of aromatic nitrogens is 5. The first-order valence-corrected chi connectivity index (χ1v) is 12.4. The number of piperidine rings is 1. The van der Waals surface area contributed by atoms with E-state index in [1.54, 1.807) is 21.7 Å². The van der Waals surface area contributed by atoms with Crippen molar-refractivity contribution >= 4 is 29.4 Å². The molecule has 1 aliphatic rings. The zero-order valence-corrected chi connectivity index (χ0v) is 22.2. The lowest BCUT2D eigenvalue weighted by Crippen LogP contribution is -2.47. The van der Waals surface area contributed by atoms with Crippen LogP contribution in [0.2, 0.25) is 0 Å². The maximum Gasteiger partial charge on any atom is 0.410 e. The van der Waals surface area contributed by atoms with Crippen molar-refractivity contribution in [2.24, 2.45) is 0 Å². The molecule has 4 rings (SSSR count). The Labute approximate surface area is 216 Å². The number of anilines is 2. The molecule has 0 saturated carbocycles. The van der Waals surface area contributed by atoms with Crippen molar-refractivity contribution in [3.63, 3.8) is 0 Å². The average Bonchev–Trinajstić information content (AvgIpc) is 3.22. The van der Waals surface area contributed by atoms with Gasteiger partial charge in [-0.2, -0.15) is 4.98 Å². The average molecular weight is 511 g/mol. The molecule has 0 spiro atoms. The molecule has 0 atom stereocenters. The first-order valence-electron chi connectivity index (χ1n) is 12.4. The Morgan fingerprint density at radius 3 is 2.54 bits per heavy atom. The normalized spacial score (nSPS) is 14.5. The number of imidazole rings is 1. The first kappa shape index (κ1) is 26.1. The van der Waals surface area contributed by atoms with E-state index in [9.17, 15) is 9.59 Å². The van der Waals surface area contributed by atoms with Crippen LogP contribution >= 0.6 is 0 Å².